The highest BCUT2D eigenvalue weighted by Crippen LogP contribution is 2.14. The lowest BCUT2D eigenvalue weighted by Gasteiger charge is -2.08. The summed E-state index contributed by atoms with van der Waals surface area (Å²) in [5.41, 5.74) is 3.19. The van der Waals surface area contributed by atoms with Crippen LogP contribution in [-0.2, 0) is 6.42 Å². The Labute approximate surface area is 112 Å². The van der Waals surface area contributed by atoms with Gasteiger partial charge in [-0.15, -0.1) is 0 Å². The number of allylic oxidation sites excluding steroid dienone is 1. The Morgan fingerprint density at radius 2 is 2.00 bits per heavy atom. The third-order valence-corrected chi connectivity index (χ3v) is 3.18. The third kappa shape index (κ3) is 4.99. The molecule has 100 valence electrons. The van der Waals surface area contributed by atoms with E-state index < -0.39 is 0 Å². The van der Waals surface area contributed by atoms with Crippen molar-refractivity contribution in [1.29, 1.82) is 0 Å². The molecule has 2 nitrogen and oxygen atoms in total. The van der Waals surface area contributed by atoms with Crippen molar-refractivity contribution < 1.29 is 0 Å². The molecule has 0 aromatic carbocycles. The van der Waals surface area contributed by atoms with Gasteiger partial charge in [0, 0.05) is 6.20 Å². The quantitative estimate of drug-likeness (QED) is 0.742. The molecule has 0 radical (unpaired) electrons. The molecule has 1 rings (SSSR count). The maximum atomic E-state index is 4.64. The molecule has 1 aromatic rings. The molecule has 0 aliphatic carbocycles. The summed E-state index contributed by atoms with van der Waals surface area (Å²) in [6, 6.07) is 0. The highest BCUT2D eigenvalue weighted by molar-refractivity contribution is 5.47. The van der Waals surface area contributed by atoms with Gasteiger partial charge in [0.1, 0.15) is 0 Å². The second-order valence-corrected chi connectivity index (χ2v) is 5.52. The van der Waals surface area contributed by atoms with Gasteiger partial charge in [-0.05, 0) is 37.7 Å². The molecule has 0 N–H and O–H groups in total. The third-order valence-electron chi connectivity index (χ3n) is 3.18. The summed E-state index contributed by atoms with van der Waals surface area (Å²) in [6.07, 6.45) is 9.58. The minimum Gasteiger partial charge on any atom is -0.254 e. The van der Waals surface area contributed by atoms with Crippen LogP contribution in [0, 0.1) is 18.8 Å². The summed E-state index contributed by atoms with van der Waals surface area (Å²) in [5, 5.41) is 0. The fraction of sp³-hybridized carbons (Fsp3) is 0.625. The van der Waals surface area contributed by atoms with Gasteiger partial charge in [0.05, 0.1) is 17.1 Å². The van der Waals surface area contributed by atoms with Crippen molar-refractivity contribution in [2.24, 2.45) is 11.8 Å². The molecule has 0 spiro atoms. The monoisotopic (exact) mass is 246 g/mol. The molecule has 0 aliphatic heterocycles. The van der Waals surface area contributed by atoms with E-state index in [2.05, 4.69) is 49.8 Å². The highest BCUT2D eigenvalue weighted by atomic mass is 14.8. The highest BCUT2D eigenvalue weighted by Gasteiger charge is 2.05. The molecule has 0 bridgehead atoms. The Balaban J connectivity index is 2.85. The molecule has 0 saturated heterocycles. The van der Waals surface area contributed by atoms with Crippen LogP contribution in [0.3, 0.4) is 0 Å². The molecular formula is C16H26N2. The van der Waals surface area contributed by atoms with Gasteiger partial charge in [-0.2, -0.15) is 0 Å². The van der Waals surface area contributed by atoms with E-state index in [1.165, 1.54) is 6.42 Å². The van der Waals surface area contributed by atoms with Crippen LogP contribution in [0.4, 0.5) is 0 Å². The fourth-order valence-electron chi connectivity index (χ4n) is 1.68. The zero-order valence-corrected chi connectivity index (χ0v) is 12.4. The maximum absolute atomic E-state index is 4.64. The van der Waals surface area contributed by atoms with E-state index in [9.17, 15) is 0 Å². The first-order valence-corrected chi connectivity index (χ1v) is 7.03. The summed E-state index contributed by atoms with van der Waals surface area (Å²) in [7, 11) is 0. The standard InChI is InChI=1S/C16H26N2/c1-6-13(4)8-10-15-16(9-7-12(2)3)18-14(5)11-17-15/h8,10-13H,6-7,9H2,1-5H3/b10-8+. The molecule has 1 unspecified atom stereocenters. The van der Waals surface area contributed by atoms with Crippen molar-refractivity contribution in [3.8, 4) is 0 Å². The molecule has 1 atom stereocenters. The Bertz CT molecular complexity index is 394. The predicted octanol–water partition coefficient (Wildman–Crippen LogP) is 4.43. The minimum absolute atomic E-state index is 0.603. The van der Waals surface area contributed by atoms with Gasteiger partial charge in [-0.1, -0.05) is 40.2 Å². The van der Waals surface area contributed by atoms with E-state index in [-0.39, 0.29) is 0 Å². The molecule has 1 heterocycles. The SMILES string of the molecule is CCC(C)/C=C/c1ncc(C)nc1CCC(C)C. The first-order valence-electron chi connectivity index (χ1n) is 7.03. The van der Waals surface area contributed by atoms with Crippen LogP contribution in [0.5, 0.6) is 0 Å². The zero-order chi connectivity index (χ0) is 13.5. The van der Waals surface area contributed by atoms with Crippen molar-refractivity contribution >= 4 is 6.08 Å². The number of aryl methyl sites for hydroxylation is 2. The number of hydrogen-bond donors (Lipinski definition) is 0. The van der Waals surface area contributed by atoms with Gasteiger partial charge in [0.2, 0.25) is 0 Å². The Morgan fingerprint density at radius 1 is 1.28 bits per heavy atom. The molecular weight excluding hydrogens is 220 g/mol. The number of aromatic nitrogens is 2. The van der Waals surface area contributed by atoms with Crippen LogP contribution < -0.4 is 0 Å². The van der Waals surface area contributed by atoms with Crippen LogP contribution in [-0.4, -0.2) is 9.97 Å². The van der Waals surface area contributed by atoms with Gasteiger partial charge in [-0.3, -0.25) is 9.97 Å². The lowest BCUT2D eigenvalue weighted by molar-refractivity contribution is 0.579. The van der Waals surface area contributed by atoms with Gasteiger partial charge in [-0.25, -0.2) is 0 Å². The van der Waals surface area contributed by atoms with Crippen molar-refractivity contribution in [1.82, 2.24) is 9.97 Å². The fourth-order valence-corrected chi connectivity index (χ4v) is 1.68. The minimum atomic E-state index is 0.603. The van der Waals surface area contributed by atoms with Crippen LogP contribution in [0.2, 0.25) is 0 Å². The summed E-state index contributed by atoms with van der Waals surface area (Å²) >= 11 is 0. The molecule has 0 amide bonds. The van der Waals surface area contributed by atoms with Gasteiger partial charge >= 0.3 is 0 Å². The number of rotatable bonds is 6. The second-order valence-electron chi connectivity index (χ2n) is 5.52. The van der Waals surface area contributed by atoms with Gasteiger partial charge in [0.15, 0.2) is 0 Å². The second kappa shape index (κ2) is 7.30. The first-order chi connectivity index (χ1) is 8.52. The smallest absolute Gasteiger partial charge is 0.0842 e. The van der Waals surface area contributed by atoms with Crippen LogP contribution >= 0.6 is 0 Å². The van der Waals surface area contributed by atoms with Crippen molar-refractivity contribution in [3.63, 3.8) is 0 Å². The summed E-state index contributed by atoms with van der Waals surface area (Å²) in [6.45, 7) is 10.9. The summed E-state index contributed by atoms with van der Waals surface area (Å²) in [4.78, 5) is 9.15. The molecule has 0 saturated carbocycles. The number of hydrogen-bond acceptors (Lipinski definition) is 2. The van der Waals surface area contributed by atoms with E-state index in [0.717, 1.165) is 29.9 Å². The van der Waals surface area contributed by atoms with Gasteiger partial charge in [0.25, 0.3) is 0 Å². The average Bonchev–Trinajstić information content (AvgIpc) is 2.34. The Hall–Kier alpha value is -1.18. The Morgan fingerprint density at radius 3 is 2.61 bits per heavy atom. The van der Waals surface area contributed by atoms with Crippen LogP contribution in [0.1, 0.15) is 57.6 Å². The molecule has 0 fully saturated rings. The van der Waals surface area contributed by atoms with Crippen molar-refractivity contribution in [3.05, 3.63) is 29.4 Å². The largest absolute Gasteiger partial charge is 0.254 e. The topological polar surface area (TPSA) is 25.8 Å². The normalized spacial score (nSPS) is 13.4. The first kappa shape index (κ1) is 14.9. The van der Waals surface area contributed by atoms with Crippen LogP contribution in [0.15, 0.2) is 12.3 Å². The average molecular weight is 246 g/mol. The lowest BCUT2D eigenvalue weighted by atomic mass is 10.0. The van der Waals surface area contributed by atoms with E-state index >= 15 is 0 Å². The van der Waals surface area contributed by atoms with Gasteiger partial charge < -0.3 is 0 Å². The van der Waals surface area contributed by atoms with E-state index in [4.69, 9.17) is 0 Å². The summed E-state index contributed by atoms with van der Waals surface area (Å²) in [5.74, 6) is 1.31. The van der Waals surface area contributed by atoms with E-state index in [1.54, 1.807) is 0 Å². The van der Waals surface area contributed by atoms with Crippen LogP contribution in [0.25, 0.3) is 6.08 Å². The zero-order valence-electron chi connectivity index (χ0n) is 12.4. The molecule has 0 aliphatic rings. The Kier molecular flexibility index (Phi) is 6.03. The molecule has 1 aromatic heterocycles. The molecule has 2 heteroatoms. The predicted molar refractivity (Wildman–Crippen MR) is 78.4 cm³/mol. The molecule has 18 heavy (non-hydrogen) atoms. The number of nitrogens with zero attached hydrogens (tertiary/aromatic N) is 2. The van der Waals surface area contributed by atoms with E-state index in [1.807, 2.05) is 13.1 Å². The van der Waals surface area contributed by atoms with E-state index in [0.29, 0.717) is 11.8 Å². The van der Waals surface area contributed by atoms with Crippen molar-refractivity contribution in [2.45, 2.75) is 53.9 Å². The lowest BCUT2D eigenvalue weighted by Crippen LogP contribution is -2.02. The van der Waals surface area contributed by atoms with Crippen molar-refractivity contribution in [2.75, 3.05) is 0 Å². The summed E-state index contributed by atoms with van der Waals surface area (Å²) < 4.78 is 0. The maximum Gasteiger partial charge on any atom is 0.0842 e.